The quantitative estimate of drug-likeness (QED) is 0.524. The van der Waals surface area contributed by atoms with Crippen molar-refractivity contribution in [2.24, 2.45) is 0 Å². The second-order valence-electron chi connectivity index (χ2n) is 5.95. The Hall–Kier alpha value is -3.58. The molecule has 7 nitrogen and oxygen atoms in total. The lowest BCUT2D eigenvalue weighted by molar-refractivity contribution is 0.282. The summed E-state index contributed by atoms with van der Waals surface area (Å²) in [5.41, 5.74) is 5.56. The predicted molar refractivity (Wildman–Crippen MR) is 99.2 cm³/mol. The van der Waals surface area contributed by atoms with E-state index >= 15 is 0 Å². The van der Waals surface area contributed by atoms with Crippen LogP contribution in [0.5, 0.6) is 0 Å². The summed E-state index contributed by atoms with van der Waals surface area (Å²) < 4.78 is 1.91. The number of hydrogen-bond donors (Lipinski definition) is 2. The summed E-state index contributed by atoms with van der Waals surface area (Å²) in [5, 5.41) is 13.8. The van der Waals surface area contributed by atoms with Gasteiger partial charge in [-0.3, -0.25) is 14.4 Å². The van der Waals surface area contributed by atoms with E-state index in [0.717, 1.165) is 44.7 Å². The lowest BCUT2D eigenvalue weighted by Gasteiger charge is -2.11. The first kappa shape index (κ1) is 14.7. The molecule has 0 aliphatic rings. The fourth-order valence-corrected chi connectivity index (χ4v) is 3.12. The van der Waals surface area contributed by atoms with Gasteiger partial charge in [0.25, 0.3) is 0 Å². The van der Waals surface area contributed by atoms with E-state index < -0.39 is 0 Å². The topological polar surface area (TPSA) is 88.2 Å². The van der Waals surface area contributed by atoms with Crippen molar-refractivity contribution in [3.63, 3.8) is 0 Å². The maximum atomic E-state index is 9.40. The Morgan fingerprint density at radius 1 is 1.04 bits per heavy atom. The van der Waals surface area contributed by atoms with Gasteiger partial charge in [-0.2, -0.15) is 0 Å². The summed E-state index contributed by atoms with van der Waals surface area (Å²) in [5.74, 6) is 0. The van der Waals surface area contributed by atoms with Crippen LogP contribution in [-0.2, 0) is 6.61 Å². The summed E-state index contributed by atoms with van der Waals surface area (Å²) in [6.45, 7) is -0.00796. The maximum absolute atomic E-state index is 9.40. The highest BCUT2D eigenvalue weighted by Crippen LogP contribution is 2.32. The molecule has 5 rings (SSSR count). The molecule has 0 aliphatic heterocycles. The molecule has 0 atom stereocenters. The monoisotopic (exact) mass is 342 g/mol. The van der Waals surface area contributed by atoms with Crippen LogP contribution in [0.3, 0.4) is 0 Å². The molecule has 0 fully saturated rings. The lowest BCUT2D eigenvalue weighted by atomic mass is 10.1. The van der Waals surface area contributed by atoms with Crippen molar-refractivity contribution in [1.29, 1.82) is 0 Å². The Morgan fingerprint density at radius 2 is 1.96 bits per heavy atom. The summed E-state index contributed by atoms with van der Waals surface area (Å²) in [6, 6.07) is 9.57. The van der Waals surface area contributed by atoms with Gasteiger partial charge in [0.05, 0.1) is 30.2 Å². The maximum Gasteiger partial charge on any atom is 0.167 e. The van der Waals surface area contributed by atoms with Crippen molar-refractivity contribution in [3.05, 3.63) is 66.9 Å². The highest BCUT2D eigenvalue weighted by atomic mass is 16.3. The molecule has 0 radical (unpaired) electrons. The van der Waals surface area contributed by atoms with Crippen LogP contribution in [0.15, 0.2) is 61.3 Å². The average molecular weight is 342 g/mol. The standard InChI is InChI=1S/C19H14N6O/c26-11-12-2-1-3-13(8-12)22-17-14-4-5-20-9-15(14)23-19-18(17)24-16-10-21-6-7-25(16)19/h1-10,26H,11H2,(H,22,23). The van der Waals surface area contributed by atoms with Crippen molar-refractivity contribution < 1.29 is 5.11 Å². The molecule has 0 unspecified atom stereocenters. The van der Waals surface area contributed by atoms with Gasteiger partial charge in [0.1, 0.15) is 5.52 Å². The first-order valence-corrected chi connectivity index (χ1v) is 8.16. The van der Waals surface area contributed by atoms with E-state index in [0.29, 0.717) is 0 Å². The van der Waals surface area contributed by atoms with Crippen molar-refractivity contribution in [2.45, 2.75) is 6.61 Å². The van der Waals surface area contributed by atoms with E-state index in [4.69, 9.17) is 9.97 Å². The lowest BCUT2D eigenvalue weighted by Crippen LogP contribution is -1.97. The minimum absolute atomic E-state index is 0.00796. The zero-order chi connectivity index (χ0) is 17.5. The van der Waals surface area contributed by atoms with Crippen molar-refractivity contribution in [1.82, 2.24) is 24.3 Å². The molecule has 0 spiro atoms. The van der Waals surface area contributed by atoms with Crippen LogP contribution in [0.4, 0.5) is 11.4 Å². The van der Waals surface area contributed by atoms with E-state index in [1.54, 1.807) is 24.8 Å². The van der Waals surface area contributed by atoms with Crippen LogP contribution in [0.25, 0.3) is 27.7 Å². The van der Waals surface area contributed by atoms with Crippen molar-refractivity contribution >= 4 is 39.1 Å². The second kappa shape index (κ2) is 5.75. The molecule has 126 valence electrons. The largest absolute Gasteiger partial charge is 0.392 e. The Bertz CT molecular complexity index is 1260. The molecule has 0 bridgehead atoms. The Morgan fingerprint density at radius 3 is 2.88 bits per heavy atom. The minimum atomic E-state index is -0.00796. The smallest absolute Gasteiger partial charge is 0.167 e. The number of imidazole rings is 1. The van der Waals surface area contributed by atoms with Crippen molar-refractivity contribution in [3.8, 4) is 0 Å². The van der Waals surface area contributed by atoms with Gasteiger partial charge < -0.3 is 10.4 Å². The Kier molecular flexibility index (Phi) is 3.26. The van der Waals surface area contributed by atoms with Gasteiger partial charge in [0.2, 0.25) is 0 Å². The van der Waals surface area contributed by atoms with Crippen LogP contribution in [0.2, 0.25) is 0 Å². The Balaban J connectivity index is 1.82. The summed E-state index contributed by atoms with van der Waals surface area (Å²) in [7, 11) is 0. The van der Waals surface area contributed by atoms with Crippen LogP contribution in [-0.4, -0.2) is 29.4 Å². The number of aliphatic hydroxyl groups is 1. The molecule has 4 aromatic heterocycles. The van der Waals surface area contributed by atoms with Gasteiger partial charge in [-0.25, -0.2) is 9.97 Å². The van der Waals surface area contributed by atoms with Crippen LogP contribution >= 0.6 is 0 Å². The zero-order valence-corrected chi connectivity index (χ0v) is 13.7. The number of hydrogen-bond acceptors (Lipinski definition) is 6. The number of fused-ring (bicyclic) bond motifs is 4. The van der Waals surface area contributed by atoms with E-state index in [2.05, 4.69) is 15.3 Å². The third kappa shape index (κ3) is 2.26. The second-order valence-corrected chi connectivity index (χ2v) is 5.95. The molecule has 4 heterocycles. The first-order valence-electron chi connectivity index (χ1n) is 8.16. The van der Waals surface area contributed by atoms with Gasteiger partial charge in [-0.05, 0) is 23.8 Å². The van der Waals surface area contributed by atoms with Crippen molar-refractivity contribution in [2.75, 3.05) is 5.32 Å². The van der Waals surface area contributed by atoms with Gasteiger partial charge >= 0.3 is 0 Å². The molecule has 0 saturated heterocycles. The molecule has 7 heteroatoms. The van der Waals surface area contributed by atoms with Gasteiger partial charge in [-0.15, -0.1) is 0 Å². The SMILES string of the molecule is OCc1cccc(Nc2c3ccncc3nc3c2nc2cnccn23)c1. The summed E-state index contributed by atoms with van der Waals surface area (Å²) >= 11 is 0. The van der Waals surface area contributed by atoms with Gasteiger partial charge in [0.15, 0.2) is 11.3 Å². The minimum Gasteiger partial charge on any atom is -0.392 e. The molecule has 1 aromatic carbocycles. The number of aliphatic hydroxyl groups excluding tert-OH is 1. The summed E-state index contributed by atoms with van der Waals surface area (Å²) in [6.07, 6.45) is 8.74. The molecule has 0 aliphatic carbocycles. The number of benzene rings is 1. The van der Waals surface area contributed by atoms with E-state index in [1.807, 2.05) is 40.9 Å². The van der Waals surface area contributed by atoms with E-state index in [1.165, 1.54) is 0 Å². The summed E-state index contributed by atoms with van der Waals surface area (Å²) in [4.78, 5) is 17.8. The molecule has 0 amide bonds. The number of aromatic nitrogens is 5. The fraction of sp³-hybridized carbons (Fsp3) is 0.0526. The number of nitrogens with one attached hydrogen (secondary N) is 1. The number of anilines is 2. The number of nitrogens with zero attached hydrogens (tertiary/aromatic N) is 5. The first-order chi connectivity index (χ1) is 12.8. The average Bonchev–Trinajstić information content (AvgIpc) is 3.06. The normalized spacial score (nSPS) is 11.4. The Labute approximate surface area is 148 Å². The number of rotatable bonds is 3. The molecule has 2 N–H and O–H groups in total. The molecular weight excluding hydrogens is 328 g/mol. The molecular formula is C19H14N6O. The third-order valence-electron chi connectivity index (χ3n) is 4.32. The van der Waals surface area contributed by atoms with Gasteiger partial charge in [-0.1, -0.05) is 12.1 Å². The van der Waals surface area contributed by atoms with Gasteiger partial charge in [0, 0.05) is 29.7 Å². The number of pyridine rings is 2. The molecule has 26 heavy (non-hydrogen) atoms. The third-order valence-corrected chi connectivity index (χ3v) is 4.32. The van der Waals surface area contributed by atoms with Crippen LogP contribution in [0.1, 0.15) is 5.56 Å². The van der Waals surface area contributed by atoms with E-state index in [9.17, 15) is 5.11 Å². The van der Waals surface area contributed by atoms with E-state index in [-0.39, 0.29) is 6.61 Å². The predicted octanol–water partition coefficient (Wildman–Crippen LogP) is 3.06. The highest BCUT2D eigenvalue weighted by Gasteiger charge is 2.15. The molecule has 5 aromatic rings. The fourth-order valence-electron chi connectivity index (χ4n) is 3.12. The van der Waals surface area contributed by atoms with Crippen LogP contribution < -0.4 is 5.32 Å². The molecule has 0 saturated carbocycles. The van der Waals surface area contributed by atoms with Crippen LogP contribution in [0, 0.1) is 0 Å². The highest BCUT2D eigenvalue weighted by molar-refractivity contribution is 6.06. The zero-order valence-electron chi connectivity index (χ0n) is 13.7.